The highest BCUT2D eigenvalue weighted by Crippen LogP contribution is 1.96. The molecule has 0 radical (unpaired) electrons. The maximum Gasteiger partial charge on any atom is 0.105 e. The highest BCUT2D eigenvalue weighted by molar-refractivity contribution is 6.43. The summed E-state index contributed by atoms with van der Waals surface area (Å²) >= 11 is 10.1. The first-order valence-electron chi connectivity index (χ1n) is 3.72. The van der Waals surface area contributed by atoms with Crippen LogP contribution in [0, 0.1) is 0 Å². The molecule has 1 fully saturated rings. The normalized spacial score (nSPS) is 18.0. The van der Waals surface area contributed by atoms with Crippen LogP contribution in [0.1, 0.15) is 26.2 Å². The predicted octanol–water partition coefficient (Wildman–Crippen LogP) is 2.57. The van der Waals surface area contributed by atoms with E-state index in [-0.39, 0.29) is 4.84 Å². The molecule has 0 aromatic heterocycles. The minimum absolute atomic E-state index is 0.222. The molecule has 1 rings (SSSR count). The number of alkyl halides is 2. The number of hydrogen-bond acceptors (Lipinski definition) is 1. The van der Waals surface area contributed by atoms with Crippen LogP contribution in [0.4, 0.5) is 0 Å². The van der Waals surface area contributed by atoms with Gasteiger partial charge in [0.25, 0.3) is 0 Å². The van der Waals surface area contributed by atoms with Crippen LogP contribution in [0.25, 0.3) is 0 Å². The molecule has 0 saturated carbocycles. The number of rotatable bonds is 0. The van der Waals surface area contributed by atoms with Crippen molar-refractivity contribution in [3.8, 4) is 0 Å². The van der Waals surface area contributed by atoms with E-state index in [1.165, 1.54) is 32.4 Å². The van der Waals surface area contributed by atoms with Crippen LogP contribution < -0.4 is 5.32 Å². The van der Waals surface area contributed by atoms with E-state index in [9.17, 15) is 0 Å². The van der Waals surface area contributed by atoms with Crippen molar-refractivity contribution in [2.24, 2.45) is 0 Å². The second kappa shape index (κ2) is 7.64. The highest BCUT2D eigenvalue weighted by Gasteiger charge is 1.93. The Labute approximate surface area is 73.1 Å². The van der Waals surface area contributed by atoms with E-state index in [4.69, 9.17) is 23.2 Å². The first-order valence-corrected chi connectivity index (χ1v) is 4.59. The summed E-state index contributed by atoms with van der Waals surface area (Å²) in [6, 6.07) is 0. The molecule has 1 saturated heterocycles. The molecule has 0 unspecified atom stereocenters. The molecule has 3 heteroatoms. The number of halogens is 2. The van der Waals surface area contributed by atoms with Crippen LogP contribution >= 0.6 is 23.2 Å². The van der Waals surface area contributed by atoms with Gasteiger partial charge >= 0.3 is 0 Å². The van der Waals surface area contributed by atoms with Crippen molar-refractivity contribution in [3.63, 3.8) is 0 Å². The van der Waals surface area contributed by atoms with Gasteiger partial charge in [-0.25, -0.2) is 0 Å². The Bertz CT molecular complexity index is 48.4. The Morgan fingerprint density at radius 3 is 1.60 bits per heavy atom. The summed E-state index contributed by atoms with van der Waals surface area (Å²) in [4.78, 5) is -0.222. The molecule has 10 heavy (non-hydrogen) atoms. The first-order chi connectivity index (χ1) is 4.73. The number of piperidine rings is 1. The third kappa shape index (κ3) is 11.4. The van der Waals surface area contributed by atoms with E-state index >= 15 is 0 Å². The predicted molar refractivity (Wildman–Crippen MR) is 47.9 cm³/mol. The number of nitrogens with one attached hydrogen (secondary N) is 1. The summed E-state index contributed by atoms with van der Waals surface area (Å²) in [6.07, 6.45) is 4.22. The third-order valence-corrected chi connectivity index (χ3v) is 1.21. The molecule has 0 spiro atoms. The van der Waals surface area contributed by atoms with Gasteiger partial charge in [0.1, 0.15) is 4.84 Å². The maximum absolute atomic E-state index is 5.04. The van der Waals surface area contributed by atoms with Gasteiger partial charge in [-0.2, -0.15) is 0 Å². The van der Waals surface area contributed by atoms with Crippen molar-refractivity contribution in [2.75, 3.05) is 13.1 Å². The Hall–Kier alpha value is 0.540. The van der Waals surface area contributed by atoms with Crippen molar-refractivity contribution in [1.29, 1.82) is 0 Å². The van der Waals surface area contributed by atoms with Gasteiger partial charge in [-0.3, -0.25) is 0 Å². The Balaban J connectivity index is 0.000000180. The van der Waals surface area contributed by atoms with Crippen molar-refractivity contribution in [3.05, 3.63) is 0 Å². The summed E-state index contributed by atoms with van der Waals surface area (Å²) in [5, 5.41) is 3.28. The van der Waals surface area contributed by atoms with Gasteiger partial charge in [-0.1, -0.05) is 6.42 Å². The number of hydrogen-bond donors (Lipinski definition) is 1. The monoisotopic (exact) mass is 183 g/mol. The maximum atomic E-state index is 5.04. The Morgan fingerprint density at radius 1 is 1.10 bits per heavy atom. The van der Waals surface area contributed by atoms with Gasteiger partial charge in [0.05, 0.1) is 0 Å². The van der Waals surface area contributed by atoms with E-state index in [0.717, 1.165) is 0 Å². The van der Waals surface area contributed by atoms with E-state index < -0.39 is 0 Å². The summed E-state index contributed by atoms with van der Waals surface area (Å²) in [7, 11) is 0. The van der Waals surface area contributed by atoms with Crippen LogP contribution in [-0.4, -0.2) is 17.9 Å². The summed E-state index contributed by atoms with van der Waals surface area (Å²) in [6.45, 7) is 4.20. The van der Waals surface area contributed by atoms with Crippen molar-refractivity contribution in [2.45, 2.75) is 31.0 Å². The van der Waals surface area contributed by atoms with E-state index in [2.05, 4.69) is 5.32 Å². The molecule has 0 aromatic rings. The lowest BCUT2D eigenvalue weighted by molar-refractivity contribution is 0.520. The van der Waals surface area contributed by atoms with Crippen LogP contribution in [-0.2, 0) is 0 Å². The Morgan fingerprint density at radius 2 is 1.50 bits per heavy atom. The topological polar surface area (TPSA) is 12.0 Å². The fraction of sp³-hybridized carbons (Fsp3) is 1.00. The molecule has 0 atom stereocenters. The van der Waals surface area contributed by atoms with Crippen LogP contribution in [0.3, 0.4) is 0 Å². The Kier molecular flexibility index (Phi) is 8.06. The standard InChI is InChI=1S/C5H11N.C2H4Cl2/c1-2-4-6-5-3-1;1-2(3)4/h6H,1-5H2;2H,1H3. The SMILES string of the molecule is C1CCNCC1.CC(Cl)Cl. The summed E-state index contributed by atoms with van der Waals surface area (Å²) in [5.41, 5.74) is 0. The van der Waals surface area contributed by atoms with E-state index in [0.29, 0.717) is 0 Å². The summed E-state index contributed by atoms with van der Waals surface area (Å²) in [5.74, 6) is 0. The molecular weight excluding hydrogens is 169 g/mol. The molecule has 0 aromatic carbocycles. The van der Waals surface area contributed by atoms with Gasteiger partial charge in [-0.05, 0) is 32.9 Å². The van der Waals surface area contributed by atoms with Gasteiger partial charge in [0, 0.05) is 0 Å². The van der Waals surface area contributed by atoms with Crippen LogP contribution in [0.15, 0.2) is 0 Å². The molecule has 0 aliphatic carbocycles. The lowest BCUT2D eigenvalue weighted by Gasteiger charge is -2.08. The van der Waals surface area contributed by atoms with Crippen LogP contribution in [0.2, 0.25) is 0 Å². The van der Waals surface area contributed by atoms with Gasteiger partial charge in [0.2, 0.25) is 0 Å². The molecular formula is C7H15Cl2N. The molecule has 1 N–H and O–H groups in total. The summed E-state index contributed by atoms with van der Waals surface area (Å²) < 4.78 is 0. The van der Waals surface area contributed by atoms with Crippen molar-refractivity contribution >= 4 is 23.2 Å². The molecule has 1 heterocycles. The molecule has 0 amide bonds. The van der Waals surface area contributed by atoms with E-state index in [1.54, 1.807) is 6.92 Å². The second-order valence-electron chi connectivity index (χ2n) is 2.33. The molecule has 0 bridgehead atoms. The molecule has 62 valence electrons. The minimum Gasteiger partial charge on any atom is -0.317 e. The zero-order valence-electron chi connectivity index (χ0n) is 6.37. The fourth-order valence-electron chi connectivity index (χ4n) is 0.802. The van der Waals surface area contributed by atoms with Gasteiger partial charge in [-0.15, -0.1) is 23.2 Å². The van der Waals surface area contributed by atoms with E-state index in [1.807, 2.05) is 0 Å². The average Bonchev–Trinajstić information content (AvgIpc) is 1.90. The van der Waals surface area contributed by atoms with Crippen LogP contribution in [0.5, 0.6) is 0 Å². The third-order valence-electron chi connectivity index (χ3n) is 1.21. The van der Waals surface area contributed by atoms with Crippen molar-refractivity contribution in [1.82, 2.24) is 5.32 Å². The molecule has 1 aliphatic rings. The minimum atomic E-state index is -0.222. The quantitative estimate of drug-likeness (QED) is 0.570. The molecule has 1 nitrogen and oxygen atoms in total. The zero-order valence-corrected chi connectivity index (χ0v) is 7.88. The molecule has 1 aliphatic heterocycles. The zero-order chi connectivity index (χ0) is 7.82. The lowest BCUT2D eigenvalue weighted by Crippen LogP contribution is -2.21. The average molecular weight is 184 g/mol. The smallest absolute Gasteiger partial charge is 0.105 e. The largest absolute Gasteiger partial charge is 0.317 e. The highest BCUT2D eigenvalue weighted by atomic mass is 35.5. The fourth-order valence-corrected chi connectivity index (χ4v) is 0.802. The van der Waals surface area contributed by atoms with Crippen molar-refractivity contribution < 1.29 is 0 Å². The lowest BCUT2D eigenvalue weighted by atomic mass is 10.2. The first kappa shape index (κ1) is 10.5. The van der Waals surface area contributed by atoms with Gasteiger partial charge in [0.15, 0.2) is 0 Å². The van der Waals surface area contributed by atoms with Gasteiger partial charge < -0.3 is 5.32 Å². The second-order valence-corrected chi connectivity index (χ2v) is 3.86.